The average Bonchev–Trinajstić information content (AvgIpc) is 2.84. The van der Waals surface area contributed by atoms with Crippen molar-refractivity contribution in [1.29, 1.82) is 0 Å². The van der Waals surface area contributed by atoms with Crippen molar-refractivity contribution in [1.82, 2.24) is 0 Å². The van der Waals surface area contributed by atoms with Gasteiger partial charge in [-0.15, -0.1) is 6.42 Å². The Labute approximate surface area is 191 Å². The van der Waals surface area contributed by atoms with Crippen LogP contribution in [0.5, 0.6) is 0 Å². The van der Waals surface area contributed by atoms with Crippen molar-refractivity contribution in [2.45, 2.75) is 23.5 Å². The number of esters is 1. The first-order chi connectivity index (χ1) is 15.6. The molecule has 3 rings (SSSR count). The molecule has 0 aromatic heterocycles. The highest BCUT2D eigenvalue weighted by molar-refractivity contribution is 5.85. The van der Waals surface area contributed by atoms with Gasteiger partial charge in [0.25, 0.3) is 0 Å². The van der Waals surface area contributed by atoms with Crippen LogP contribution in [0.1, 0.15) is 27.8 Å². The maximum absolute atomic E-state index is 12.1. The van der Waals surface area contributed by atoms with E-state index in [0.717, 1.165) is 7.11 Å². The molecule has 0 fully saturated rings. The molecule has 3 aromatic rings. The molecule has 0 radical (unpaired) electrons. The van der Waals surface area contributed by atoms with Crippen LogP contribution in [0.15, 0.2) is 78.9 Å². The normalized spacial score (nSPS) is 13.6. The Hall–Kier alpha value is -3.51. The van der Waals surface area contributed by atoms with Gasteiger partial charge in [-0.05, 0) is 11.6 Å². The van der Waals surface area contributed by atoms with E-state index in [0.29, 0.717) is 5.56 Å². The molecule has 7 nitrogen and oxygen atoms in total. The van der Waals surface area contributed by atoms with Crippen molar-refractivity contribution in [3.63, 3.8) is 0 Å². The monoisotopic (exact) mass is 447 g/mol. The average molecular weight is 447 g/mol. The second-order valence-corrected chi connectivity index (χ2v) is 7.74. The molecular weight excluding hydrogens is 422 g/mol. The fraction of sp³-hybridized carbons (Fsp3) is 0.192. The van der Waals surface area contributed by atoms with Crippen LogP contribution < -0.4 is 5.73 Å². The standard InChI is InChI=1S/C26H25NO6/c1-3-24(27,23(28)33-2)17-18-14-15-21(25(29,30)19-10-6-4-7-11-19)22(16-18)26(31,32)20-12-8-5-9-13-20/h1,4-16,29-32H,17,27H2,2H3. The third-order valence-corrected chi connectivity index (χ3v) is 5.48. The lowest BCUT2D eigenvalue weighted by Gasteiger charge is -2.32. The zero-order valence-corrected chi connectivity index (χ0v) is 18.0. The third-order valence-electron chi connectivity index (χ3n) is 5.48. The number of carbonyl (C=O) groups is 1. The lowest BCUT2D eigenvalue weighted by Crippen LogP contribution is -2.49. The van der Waals surface area contributed by atoms with Gasteiger partial charge >= 0.3 is 5.97 Å². The van der Waals surface area contributed by atoms with E-state index in [2.05, 4.69) is 5.92 Å². The van der Waals surface area contributed by atoms with Gasteiger partial charge in [-0.2, -0.15) is 0 Å². The van der Waals surface area contributed by atoms with Gasteiger partial charge in [0.05, 0.1) is 7.11 Å². The summed E-state index contributed by atoms with van der Waals surface area (Å²) >= 11 is 0. The van der Waals surface area contributed by atoms with E-state index in [1.165, 1.54) is 42.5 Å². The summed E-state index contributed by atoms with van der Waals surface area (Å²) in [5, 5.41) is 44.4. The molecule has 0 aliphatic carbocycles. The number of nitrogens with two attached hydrogens (primary N) is 1. The van der Waals surface area contributed by atoms with E-state index in [-0.39, 0.29) is 28.7 Å². The summed E-state index contributed by atoms with van der Waals surface area (Å²) in [4.78, 5) is 12.1. The Balaban J connectivity index is 2.21. The molecule has 6 N–H and O–H groups in total. The molecule has 0 aliphatic heterocycles. The predicted octanol–water partition coefficient (Wildman–Crippen LogP) is 1.10. The van der Waals surface area contributed by atoms with Crippen molar-refractivity contribution in [3.8, 4) is 12.3 Å². The van der Waals surface area contributed by atoms with Crippen LogP contribution in [0.2, 0.25) is 0 Å². The lowest BCUT2D eigenvalue weighted by molar-refractivity contribution is -0.154. The Morgan fingerprint density at radius 2 is 1.36 bits per heavy atom. The van der Waals surface area contributed by atoms with Crippen molar-refractivity contribution < 1.29 is 30.0 Å². The zero-order chi connectivity index (χ0) is 24.3. The molecule has 1 unspecified atom stereocenters. The molecule has 0 saturated heterocycles. The molecule has 1 atom stereocenters. The summed E-state index contributed by atoms with van der Waals surface area (Å²) in [6, 6.07) is 20.0. The summed E-state index contributed by atoms with van der Waals surface area (Å²) < 4.78 is 4.70. The molecule has 33 heavy (non-hydrogen) atoms. The van der Waals surface area contributed by atoms with Gasteiger partial charge in [-0.3, -0.25) is 0 Å². The second-order valence-electron chi connectivity index (χ2n) is 7.74. The Morgan fingerprint density at radius 3 is 1.82 bits per heavy atom. The SMILES string of the molecule is C#CC(N)(Cc1ccc(C(O)(O)c2ccccc2)c(C(O)(O)c2ccccc2)c1)C(=O)OC. The number of carbonyl (C=O) groups excluding carboxylic acids is 1. The number of terminal acetylenes is 1. The topological polar surface area (TPSA) is 133 Å². The van der Waals surface area contributed by atoms with Crippen LogP contribution in [0.4, 0.5) is 0 Å². The molecular formula is C26H25NO6. The molecule has 0 spiro atoms. The van der Waals surface area contributed by atoms with Crippen LogP contribution in [-0.2, 0) is 27.5 Å². The van der Waals surface area contributed by atoms with Crippen LogP contribution in [0.25, 0.3) is 0 Å². The number of benzene rings is 3. The number of ether oxygens (including phenoxy) is 1. The fourth-order valence-corrected chi connectivity index (χ4v) is 3.63. The van der Waals surface area contributed by atoms with E-state index in [1.807, 2.05) is 0 Å². The van der Waals surface area contributed by atoms with Crippen molar-refractivity contribution in [2.24, 2.45) is 5.73 Å². The first-order valence-electron chi connectivity index (χ1n) is 10.1. The van der Waals surface area contributed by atoms with Gasteiger partial charge in [0.2, 0.25) is 11.6 Å². The van der Waals surface area contributed by atoms with Crippen molar-refractivity contribution in [3.05, 3.63) is 107 Å². The quantitative estimate of drug-likeness (QED) is 0.208. The molecule has 170 valence electrons. The Morgan fingerprint density at radius 1 is 0.879 bits per heavy atom. The van der Waals surface area contributed by atoms with Crippen LogP contribution in [0, 0.1) is 12.3 Å². The van der Waals surface area contributed by atoms with Crippen molar-refractivity contribution >= 4 is 5.97 Å². The van der Waals surface area contributed by atoms with E-state index in [4.69, 9.17) is 16.9 Å². The van der Waals surface area contributed by atoms with E-state index in [1.54, 1.807) is 36.4 Å². The summed E-state index contributed by atoms with van der Waals surface area (Å²) in [5.41, 5.74) is 4.41. The van der Waals surface area contributed by atoms with Gasteiger partial charge in [0.15, 0.2) is 5.54 Å². The van der Waals surface area contributed by atoms with Crippen molar-refractivity contribution in [2.75, 3.05) is 7.11 Å². The maximum atomic E-state index is 12.1. The van der Waals surface area contributed by atoms with E-state index >= 15 is 0 Å². The Bertz CT molecular complexity index is 1170. The summed E-state index contributed by atoms with van der Waals surface area (Å²) in [6.07, 6.45) is 5.28. The predicted molar refractivity (Wildman–Crippen MR) is 121 cm³/mol. The Kier molecular flexibility index (Phi) is 6.70. The molecule has 0 aliphatic rings. The largest absolute Gasteiger partial charge is 0.467 e. The zero-order valence-electron chi connectivity index (χ0n) is 18.0. The van der Waals surface area contributed by atoms with Crippen LogP contribution in [0.3, 0.4) is 0 Å². The smallest absolute Gasteiger partial charge is 0.338 e. The number of hydrogen-bond acceptors (Lipinski definition) is 7. The van der Waals surface area contributed by atoms with Gasteiger partial charge in [-0.25, -0.2) is 4.79 Å². The summed E-state index contributed by atoms with van der Waals surface area (Å²) in [6.45, 7) is 0. The molecule has 3 aromatic carbocycles. The molecule has 0 saturated carbocycles. The van der Waals surface area contributed by atoms with Gasteiger partial charge in [-0.1, -0.05) is 78.7 Å². The van der Waals surface area contributed by atoms with Gasteiger partial charge in [0, 0.05) is 28.7 Å². The summed E-state index contributed by atoms with van der Waals surface area (Å²) in [5.74, 6) is -3.79. The minimum Gasteiger partial charge on any atom is -0.467 e. The van der Waals surface area contributed by atoms with Gasteiger partial charge < -0.3 is 30.9 Å². The van der Waals surface area contributed by atoms with E-state index < -0.39 is 23.1 Å². The van der Waals surface area contributed by atoms with Crippen LogP contribution >= 0.6 is 0 Å². The minimum atomic E-state index is -2.61. The first-order valence-corrected chi connectivity index (χ1v) is 10.1. The first kappa shape index (κ1) is 24.1. The van der Waals surface area contributed by atoms with Crippen LogP contribution in [-0.4, -0.2) is 39.0 Å². The number of aliphatic hydroxyl groups is 4. The lowest BCUT2D eigenvalue weighted by atomic mass is 9.83. The summed E-state index contributed by atoms with van der Waals surface area (Å²) in [7, 11) is 1.16. The molecule has 0 amide bonds. The number of hydrogen-bond donors (Lipinski definition) is 5. The third kappa shape index (κ3) is 4.66. The number of rotatable bonds is 7. The van der Waals surface area contributed by atoms with E-state index in [9.17, 15) is 25.2 Å². The van der Waals surface area contributed by atoms with Gasteiger partial charge in [0.1, 0.15) is 0 Å². The highest BCUT2D eigenvalue weighted by atomic mass is 16.5. The molecule has 0 bridgehead atoms. The minimum absolute atomic E-state index is 0.0937. The highest BCUT2D eigenvalue weighted by Gasteiger charge is 2.40. The fourth-order valence-electron chi connectivity index (χ4n) is 3.63. The highest BCUT2D eigenvalue weighted by Crippen LogP contribution is 2.37. The second kappa shape index (κ2) is 9.16. The maximum Gasteiger partial charge on any atom is 0.338 e. The molecule has 0 heterocycles. The number of methoxy groups -OCH3 is 1. The molecule has 7 heteroatoms.